The second kappa shape index (κ2) is 14.2. The van der Waals surface area contributed by atoms with E-state index in [2.05, 4.69) is 0 Å². The minimum absolute atomic E-state index is 0. The number of nitrogens with zero attached hydrogens (tertiary/aromatic N) is 2. The molecule has 0 aliphatic carbocycles. The monoisotopic (exact) mass is 319 g/mol. The van der Waals surface area contributed by atoms with Crippen LogP contribution in [-0.4, -0.2) is 129 Å². The third-order valence-electron chi connectivity index (χ3n) is 2.23. The molecule has 0 atom stereocenters. The molecule has 11 heteroatoms. The van der Waals surface area contributed by atoms with Gasteiger partial charge in [-0.2, -0.15) is 0 Å². The molecule has 0 unspecified atom stereocenters. The molecule has 0 aromatic heterocycles. The van der Waals surface area contributed by atoms with Gasteiger partial charge in [0.1, 0.15) is 0 Å². The Morgan fingerprint density at radius 1 is 0.714 bits per heavy atom. The summed E-state index contributed by atoms with van der Waals surface area (Å²) in [5.74, 6) is -3.39. The smallest absolute Gasteiger partial charge is 0.317 e. The molecule has 0 aromatic carbocycles. The molecular weight excluding hydrogens is 299 g/mol. The van der Waals surface area contributed by atoms with Crippen molar-refractivity contribution in [1.82, 2.24) is 9.80 Å². The molecule has 6 N–H and O–H groups in total. The molecule has 0 spiro atoms. The minimum atomic E-state index is -1.16. The van der Waals surface area contributed by atoms with E-state index >= 15 is 0 Å². The number of aliphatic hydroxyl groups excluding tert-OH is 1. The van der Waals surface area contributed by atoms with Gasteiger partial charge >= 0.3 is 17.9 Å². The van der Waals surface area contributed by atoms with Crippen LogP contribution in [0, 0.1) is 0 Å². The Balaban J connectivity index is -0.00000162. The quantitative estimate of drug-likeness (QED) is 0.284. The zero-order chi connectivity index (χ0) is 14.8. The van der Waals surface area contributed by atoms with Gasteiger partial charge < -0.3 is 25.9 Å². The molecule has 0 fully saturated rings. The van der Waals surface area contributed by atoms with Crippen LogP contribution < -0.4 is 0 Å². The van der Waals surface area contributed by atoms with Crippen LogP contribution in [0.15, 0.2) is 0 Å². The van der Waals surface area contributed by atoms with Gasteiger partial charge in [-0.25, -0.2) is 0 Å². The zero-order valence-electron chi connectivity index (χ0n) is 11.9. The summed E-state index contributed by atoms with van der Waals surface area (Å²) in [5, 5.41) is 34.7. The van der Waals surface area contributed by atoms with E-state index < -0.39 is 31.0 Å². The Hall–Kier alpha value is -0.750. The maximum absolute atomic E-state index is 10.6. The van der Waals surface area contributed by atoms with E-state index in [0.717, 1.165) is 0 Å². The number of aliphatic hydroxyl groups is 1. The van der Waals surface area contributed by atoms with Crippen LogP contribution in [0.25, 0.3) is 0 Å². The van der Waals surface area contributed by atoms with E-state index in [1.54, 1.807) is 0 Å². The van der Waals surface area contributed by atoms with E-state index in [0.29, 0.717) is 0 Å². The number of carbonyl (C=O) groups is 3. The summed E-state index contributed by atoms with van der Waals surface area (Å²) < 4.78 is 0. The summed E-state index contributed by atoms with van der Waals surface area (Å²) in [7, 11) is 0. The molecule has 0 amide bonds. The van der Waals surface area contributed by atoms with Gasteiger partial charge in [-0.3, -0.25) is 24.2 Å². The number of carboxylic acids is 3. The Kier molecular flexibility index (Phi) is 17.1. The third-order valence-corrected chi connectivity index (χ3v) is 2.23. The zero-order valence-corrected chi connectivity index (χ0v) is 13.9. The van der Waals surface area contributed by atoms with Gasteiger partial charge in [0, 0.05) is 49.2 Å². The number of carboxylic acid groups (broad SMARTS) is 3. The summed E-state index contributed by atoms with van der Waals surface area (Å²) in [4.78, 5) is 34.3. The number of rotatable bonds is 11. The van der Waals surface area contributed by atoms with Crippen molar-refractivity contribution in [2.45, 2.75) is 0 Å². The summed E-state index contributed by atoms with van der Waals surface area (Å²) in [6.07, 6.45) is 0. The van der Waals surface area contributed by atoms with Crippen LogP contribution in [0.1, 0.15) is 0 Å². The van der Waals surface area contributed by atoms with E-state index in [1.165, 1.54) is 9.80 Å². The van der Waals surface area contributed by atoms with Gasteiger partial charge in [0.2, 0.25) is 0 Å². The summed E-state index contributed by atoms with van der Waals surface area (Å²) in [6, 6.07) is 0. The maximum atomic E-state index is 10.6. The van der Waals surface area contributed by atoms with E-state index in [1.807, 2.05) is 0 Å². The standard InChI is InChI=1S/C10H18N2O7.Na.H2O/c13-4-3-11(5-8(14)15)1-2-12(6-9(16)17)7-10(18)19;;/h13H,1-7H2,(H,14,15)(H,16,17)(H,18,19);;1H2. The predicted octanol–water partition coefficient (Wildman–Crippen LogP) is -3.37. The van der Waals surface area contributed by atoms with Crippen LogP contribution in [-0.2, 0) is 14.4 Å². The van der Waals surface area contributed by atoms with Crippen molar-refractivity contribution in [2.24, 2.45) is 0 Å². The van der Waals surface area contributed by atoms with Crippen molar-refractivity contribution in [3.63, 3.8) is 0 Å². The third kappa shape index (κ3) is 15.5. The van der Waals surface area contributed by atoms with Crippen LogP contribution in [0.4, 0.5) is 0 Å². The first-order valence-corrected chi connectivity index (χ1v) is 5.56. The summed E-state index contributed by atoms with van der Waals surface area (Å²) in [5.41, 5.74) is 0. The maximum Gasteiger partial charge on any atom is 0.317 e. The average Bonchev–Trinajstić information content (AvgIpc) is 2.23. The van der Waals surface area contributed by atoms with Gasteiger partial charge in [0.15, 0.2) is 0 Å². The van der Waals surface area contributed by atoms with Gasteiger partial charge in [-0.15, -0.1) is 0 Å². The molecule has 0 saturated heterocycles. The first-order chi connectivity index (χ1) is 8.85. The molecule has 10 nitrogen and oxygen atoms in total. The molecule has 0 rings (SSSR count). The normalized spacial score (nSPS) is 9.86. The molecule has 0 heterocycles. The minimum Gasteiger partial charge on any atom is -0.480 e. The van der Waals surface area contributed by atoms with Gasteiger partial charge in [0.05, 0.1) is 26.2 Å². The Bertz CT molecular complexity index is 312. The SMILES string of the molecule is O.O=C(O)CN(CCO)CCN(CC(=O)O)CC(=O)O.[Na]. The van der Waals surface area contributed by atoms with Crippen LogP contribution in [0.5, 0.6) is 0 Å². The largest absolute Gasteiger partial charge is 0.480 e. The second-order valence-electron chi connectivity index (χ2n) is 3.89. The fourth-order valence-corrected chi connectivity index (χ4v) is 1.48. The Morgan fingerprint density at radius 2 is 1.05 bits per heavy atom. The first-order valence-electron chi connectivity index (χ1n) is 5.56. The molecule has 21 heavy (non-hydrogen) atoms. The fraction of sp³-hybridized carbons (Fsp3) is 0.700. The average molecular weight is 319 g/mol. The molecular formula is C10H20N2NaO8. The first kappa shape index (κ1) is 25.2. The van der Waals surface area contributed by atoms with Crippen molar-refractivity contribution < 1.29 is 40.3 Å². The van der Waals surface area contributed by atoms with Crippen molar-refractivity contribution in [3.05, 3.63) is 0 Å². The molecule has 0 aliphatic rings. The fourth-order valence-electron chi connectivity index (χ4n) is 1.48. The molecule has 0 aromatic rings. The van der Waals surface area contributed by atoms with Gasteiger partial charge in [-0.1, -0.05) is 0 Å². The second-order valence-corrected chi connectivity index (χ2v) is 3.89. The molecule has 119 valence electrons. The molecule has 1 radical (unpaired) electrons. The molecule has 0 saturated carbocycles. The van der Waals surface area contributed by atoms with Crippen molar-refractivity contribution >= 4 is 47.5 Å². The Morgan fingerprint density at radius 3 is 1.38 bits per heavy atom. The molecule has 0 aliphatic heterocycles. The topological polar surface area (TPSA) is 170 Å². The molecule has 0 bridgehead atoms. The van der Waals surface area contributed by atoms with Crippen LogP contribution in [0.2, 0.25) is 0 Å². The van der Waals surface area contributed by atoms with Crippen LogP contribution in [0.3, 0.4) is 0 Å². The number of aliphatic carboxylic acids is 3. The Labute approximate surface area is 143 Å². The number of hydrogen-bond acceptors (Lipinski definition) is 6. The number of hydrogen-bond donors (Lipinski definition) is 4. The van der Waals surface area contributed by atoms with E-state index in [9.17, 15) is 14.4 Å². The van der Waals surface area contributed by atoms with Gasteiger partial charge in [0.25, 0.3) is 0 Å². The van der Waals surface area contributed by atoms with E-state index in [4.69, 9.17) is 20.4 Å². The summed E-state index contributed by atoms with van der Waals surface area (Å²) >= 11 is 0. The summed E-state index contributed by atoms with van der Waals surface area (Å²) in [6.45, 7) is -1.03. The van der Waals surface area contributed by atoms with Crippen molar-refractivity contribution in [1.29, 1.82) is 0 Å². The van der Waals surface area contributed by atoms with Crippen molar-refractivity contribution in [2.75, 3.05) is 45.9 Å². The van der Waals surface area contributed by atoms with Gasteiger partial charge in [-0.05, 0) is 0 Å². The van der Waals surface area contributed by atoms with Crippen molar-refractivity contribution in [3.8, 4) is 0 Å². The van der Waals surface area contributed by atoms with Crippen LogP contribution >= 0.6 is 0 Å². The predicted molar refractivity (Wildman–Crippen MR) is 72.2 cm³/mol. The van der Waals surface area contributed by atoms with E-state index in [-0.39, 0.29) is 67.8 Å².